The Hall–Kier alpha value is -4.26. The maximum atomic E-state index is 13.4. The quantitative estimate of drug-likeness (QED) is 0.332. The highest BCUT2D eigenvalue weighted by Crippen LogP contribution is 2.30. The maximum Gasteiger partial charge on any atom is 0.363 e. The van der Waals surface area contributed by atoms with Gasteiger partial charge in [0.2, 0.25) is 5.90 Å². The zero-order chi connectivity index (χ0) is 22.7. The average Bonchev–Trinajstić information content (AvgIpc) is 3.15. The third kappa shape index (κ3) is 4.57. The van der Waals surface area contributed by atoms with Gasteiger partial charge in [0.15, 0.2) is 17.2 Å². The lowest BCUT2D eigenvalue weighted by molar-refractivity contribution is -0.129. The van der Waals surface area contributed by atoms with Crippen LogP contribution in [-0.4, -0.2) is 24.9 Å². The summed E-state index contributed by atoms with van der Waals surface area (Å²) >= 11 is 0. The zero-order valence-corrected chi connectivity index (χ0v) is 17.3. The molecule has 3 aromatic rings. The second-order valence-corrected chi connectivity index (χ2v) is 7.01. The predicted octanol–water partition coefficient (Wildman–Crippen LogP) is 4.71. The first-order chi connectivity index (χ1) is 15.4. The van der Waals surface area contributed by atoms with E-state index in [2.05, 4.69) is 4.99 Å². The minimum atomic E-state index is -0.722. The van der Waals surface area contributed by atoms with Crippen molar-refractivity contribution < 1.29 is 28.2 Å². The lowest BCUT2D eigenvalue weighted by Crippen LogP contribution is -2.09. The van der Waals surface area contributed by atoms with Crippen molar-refractivity contribution in [2.45, 2.75) is 6.92 Å². The number of methoxy groups -OCH3 is 1. The SMILES string of the molecule is COc1cc(C=C2N=C(c3ccc(C)cc3)OC2=O)ccc1OC(=O)c1cccc(F)c1. The number of esters is 2. The van der Waals surface area contributed by atoms with Crippen LogP contribution in [0.5, 0.6) is 11.5 Å². The van der Waals surface area contributed by atoms with Gasteiger partial charge in [-0.3, -0.25) is 0 Å². The molecule has 6 nitrogen and oxygen atoms in total. The first kappa shape index (κ1) is 21.0. The van der Waals surface area contributed by atoms with Gasteiger partial charge in [0.1, 0.15) is 5.82 Å². The molecule has 0 N–H and O–H groups in total. The van der Waals surface area contributed by atoms with Gasteiger partial charge >= 0.3 is 11.9 Å². The van der Waals surface area contributed by atoms with Crippen molar-refractivity contribution in [1.29, 1.82) is 0 Å². The van der Waals surface area contributed by atoms with Crippen molar-refractivity contribution in [1.82, 2.24) is 0 Å². The lowest BCUT2D eigenvalue weighted by Gasteiger charge is -2.10. The summed E-state index contributed by atoms with van der Waals surface area (Å²) in [6.45, 7) is 1.96. The second kappa shape index (κ2) is 8.85. The summed E-state index contributed by atoms with van der Waals surface area (Å²) in [5, 5.41) is 0. The fourth-order valence-electron chi connectivity index (χ4n) is 3.02. The van der Waals surface area contributed by atoms with Crippen molar-refractivity contribution in [2.24, 2.45) is 4.99 Å². The number of carbonyl (C=O) groups excluding carboxylic acids is 2. The molecule has 160 valence electrons. The topological polar surface area (TPSA) is 74.2 Å². The van der Waals surface area contributed by atoms with Crippen LogP contribution in [0.25, 0.3) is 6.08 Å². The van der Waals surface area contributed by atoms with E-state index >= 15 is 0 Å². The van der Waals surface area contributed by atoms with Crippen LogP contribution in [0.4, 0.5) is 4.39 Å². The molecule has 1 heterocycles. The van der Waals surface area contributed by atoms with Gasteiger partial charge < -0.3 is 14.2 Å². The molecular weight excluding hydrogens is 413 g/mol. The summed E-state index contributed by atoms with van der Waals surface area (Å²) in [5.41, 5.74) is 2.58. The molecule has 32 heavy (non-hydrogen) atoms. The number of cyclic esters (lactones) is 1. The highest BCUT2D eigenvalue weighted by molar-refractivity contribution is 6.12. The van der Waals surface area contributed by atoms with E-state index in [-0.39, 0.29) is 28.7 Å². The van der Waals surface area contributed by atoms with Crippen LogP contribution in [0.3, 0.4) is 0 Å². The molecule has 0 spiro atoms. The van der Waals surface area contributed by atoms with Crippen molar-refractivity contribution in [3.05, 3.63) is 100 Å². The van der Waals surface area contributed by atoms with Gasteiger partial charge in [-0.25, -0.2) is 19.0 Å². The van der Waals surface area contributed by atoms with Crippen molar-refractivity contribution in [2.75, 3.05) is 7.11 Å². The Morgan fingerprint density at radius 2 is 1.81 bits per heavy atom. The van der Waals surface area contributed by atoms with E-state index in [4.69, 9.17) is 14.2 Å². The summed E-state index contributed by atoms with van der Waals surface area (Å²) in [6, 6.07) is 17.4. The molecule has 3 aromatic carbocycles. The largest absolute Gasteiger partial charge is 0.493 e. The van der Waals surface area contributed by atoms with Crippen LogP contribution in [-0.2, 0) is 9.53 Å². The van der Waals surface area contributed by atoms with E-state index in [0.29, 0.717) is 11.1 Å². The molecule has 0 atom stereocenters. The Morgan fingerprint density at radius 1 is 1.03 bits per heavy atom. The van der Waals surface area contributed by atoms with Crippen LogP contribution in [0.1, 0.15) is 27.0 Å². The number of nitrogens with zero attached hydrogens (tertiary/aromatic N) is 1. The molecule has 0 fully saturated rings. The van der Waals surface area contributed by atoms with Gasteiger partial charge in [-0.15, -0.1) is 0 Å². The number of rotatable bonds is 5. The number of hydrogen-bond acceptors (Lipinski definition) is 6. The van der Waals surface area contributed by atoms with E-state index in [1.54, 1.807) is 18.2 Å². The number of ether oxygens (including phenoxy) is 3. The fraction of sp³-hybridized carbons (Fsp3) is 0.0800. The Morgan fingerprint density at radius 3 is 2.53 bits per heavy atom. The molecule has 7 heteroatoms. The monoisotopic (exact) mass is 431 g/mol. The maximum absolute atomic E-state index is 13.4. The van der Waals surface area contributed by atoms with Crippen LogP contribution in [0.2, 0.25) is 0 Å². The molecule has 0 bridgehead atoms. The van der Waals surface area contributed by atoms with Gasteiger partial charge in [0.05, 0.1) is 12.7 Å². The minimum absolute atomic E-state index is 0.0740. The second-order valence-electron chi connectivity index (χ2n) is 7.01. The number of halogens is 1. The molecule has 4 rings (SSSR count). The molecule has 0 saturated heterocycles. The first-order valence-electron chi connectivity index (χ1n) is 9.68. The molecule has 0 aliphatic carbocycles. The van der Waals surface area contributed by atoms with Crippen LogP contribution >= 0.6 is 0 Å². The number of benzene rings is 3. The normalized spacial score (nSPS) is 14.2. The molecule has 0 amide bonds. The molecule has 1 aliphatic rings. The summed E-state index contributed by atoms with van der Waals surface area (Å²) < 4.78 is 29.3. The third-order valence-corrected chi connectivity index (χ3v) is 4.67. The first-order valence-corrected chi connectivity index (χ1v) is 9.68. The van der Waals surface area contributed by atoms with Gasteiger partial charge in [0.25, 0.3) is 0 Å². The van der Waals surface area contributed by atoms with E-state index in [1.165, 1.54) is 31.4 Å². The van der Waals surface area contributed by atoms with Crippen LogP contribution in [0, 0.1) is 12.7 Å². The lowest BCUT2D eigenvalue weighted by atomic mass is 10.1. The number of aryl methyl sites for hydroxylation is 1. The molecule has 1 aliphatic heterocycles. The predicted molar refractivity (Wildman–Crippen MR) is 116 cm³/mol. The fourth-order valence-corrected chi connectivity index (χ4v) is 3.02. The Bertz CT molecular complexity index is 1260. The van der Waals surface area contributed by atoms with E-state index in [9.17, 15) is 14.0 Å². The molecule has 0 aromatic heterocycles. The smallest absolute Gasteiger partial charge is 0.363 e. The van der Waals surface area contributed by atoms with Crippen LogP contribution in [0.15, 0.2) is 77.4 Å². The van der Waals surface area contributed by atoms with Crippen molar-refractivity contribution in [3.63, 3.8) is 0 Å². The molecular formula is C25H18FNO5. The number of hydrogen-bond donors (Lipinski definition) is 0. The minimum Gasteiger partial charge on any atom is -0.493 e. The van der Waals surface area contributed by atoms with E-state index in [0.717, 1.165) is 11.6 Å². The summed E-state index contributed by atoms with van der Waals surface area (Å²) in [5.74, 6) is -1.18. The highest BCUT2D eigenvalue weighted by atomic mass is 19.1. The van der Waals surface area contributed by atoms with Gasteiger partial charge in [-0.05, 0) is 61.0 Å². The Balaban J connectivity index is 1.57. The average molecular weight is 431 g/mol. The van der Waals surface area contributed by atoms with E-state index in [1.807, 2.05) is 31.2 Å². The zero-order valence-electron chi connectivity index (χ0n) is 17.3. The van der Waals surface area contributed by atoms with Crippen molar-refractivity contribution in [3.8, 4) is 11.5 Å². The van der Waals surface area contributed by atoms with Gasteiger partial charge in [-0.2, -0.15) is 0 Å². The third-order valence-electron chi connectivity index (χ3n) is 4.67. The number of carbonyl (C=O) groups is 2. The molecule has 0 radical (unpaired) electrons. The number of aliphatic imine (C=N–C) groups is 1. The summed E-state index contributed by atoms with van der Waals surface area (Å²) in [7, 11) is 1.42. The van der Waals surface area contributed by atoms with Crippen molar-refractivity contribution >= 4 is 23.9 Å². The summed E-state index contributed by atoms with van der Waals surface area (Å²) in [6.07, 6.45) is 1.55. The molecule has 0 unspecified atom stereocenters. The van der Waals surface area contributed by atoms with Gasteiger partial charge in [-0.1, -0.05) is 29.8 Å². The van der Waals surface area contributed by atoms with Gasteiger partial charge in [0, 0.05) is 5.56 Å². The van der Waals surface area contributed by atoms with E-state index < -0.39 is 17.8 Å². The highest BCUT2D eigenvalue weighted by Gasteiger charge is 2.24. The Kier molecular flexibility index (Phi) is 5.81. The van der Waals surface area contributed by atoms with Crippen LogP contribution < -0.4 is 9.47 Å². The summed E-state index contributed by atoms with van der Waals surface area (Å²) in [4.78, 5) is 28.8. The Labute approximate surface area is 183 Å². The molecule has 0 saturated carbocycles. The standard InChI is InChI=1S/C25H18FNO5/c1-15-6-9-17(10-7-15)23-27-20(25(29)32-23)12-16-8-11-21(22(13-16)30-2)31-24(28)18-4-3-5-19(26)14-18/h3-14H,1-2H3.